The number of nitrogens with two attached hydrogens (primary N) is 1. The average Bonchev–Trinajstić information content (AvgIpc) is 2.33. The normalized spacial score (nSPS) is 26.1. The molecule has 1 amide bonds. The highest BCUT2D eigenvalue weighted by Gasteiger charge is 2.33. The Morgan fingerprint density at radius 3 is 2.67 bits per heavy atom. The van der Waals surface area contributed by atoms with Gasteiger partial charge >= 0.3 is 0 Å². The van der Waals surface area contributed by atoms with Crippen molar-refractivity contribution in [3.63, 3.8) is 0 Å². The molecule has 0 radical (unpaired) electrons. The third-order valence-corrected chi connectivity index (χ3v) is 2.72. The molecule has 1 saturated heterocycles. The van der Waals surface area contributed by atoms with Gasteiger partial charge in [0.1, 0.15) is 0 Å². The van der Waals surface area contributed by atoms with E-state index in [4.69, 9.17) is 5.73 Å². The highest BCUT2D eigenvalue weighted by atomic mass is 16.3. The van der Waals surface area contributed by atoms with Gasteiger partial charge in [-0.2, -0.15) is 0 Å². The van der Waals surface area contributed by atoms with Gasteiger partial charge in [-0.1, -0.05) is 13.8 Å². The van der Waals surface area contributed by atoms with Crippen LogP contribution in [0.1, 0.15) is 33.6 Å². The van der Waals surface area contributed by atoms with Crippen LogP contribution in [0.2, 0.25) is 0 Å². The maximum Gasteiger partial charge on any atom is 0.239 e. The Balaban J connectivity index is 2.50. The minimum Gasteiger partial charge on any atom is -0.388 e. The van der Waals surface area contributed by atoms with Crippen LogP contribution in [0, 0.1) is 5.92 Å². The maximum atomic E-state index is 11.6. The van der Waals surface area contributed by atoms with Crippen molar-refractivity contribution >= 4 is 5.91 Å². The molecular weight excluding hydrogens is 192 g/mol. The first-order valence-electron chi connectivity index (χ1n) is 5.58. The predicted molar refractivity (Wildman–Crippen MR) is 59.3 cm³/mol. The number of carbonyl (C=O) groups is 1. The molecule has 15 heavy (non-hydrogen) atoms. The van der Waals surface area contributed by atoms with Gasteiger partial charge in [-0.3, -0.25) is 4.79 Å². The second-order valence-corrected chi connectivity index (χ2v) is 5.25. The summed E-state index contributed by atoms with van der Waals surface area (Å²) in [5, 5.41) is 10.1. The molecule has 0 aromatic carbocycles. The van der Waals surface area contributed by atoms with E-state index in [1.54, 1.807) is 11.8 Å². The van der Waals surface area contributed by atoms with Crippen LogP contribution in [-0.2, 0) is 4.79 Å². The van der Waals surface area contributed by atoms with Crippen LogP contribution < -0.4 is 5.73 Å². The lowest BCUT2D eigenvalue weighted by Gasteiger charge is -2.30. The summed E-state index contributed by atoms with van der Waals surface area (Å²) in [4.78, 5) is 13.2. The van der Waals surface area contributed by atoms with Crippen LogP contribution in [0.4, 0.5) is 0 Å². The van der Waals surface area contributed by atoms with Crippen molar-refractivity contribution in [3.05, 3.63) is 0 Å². The Labute approximate surface area is 91.4 Å². The molecule has 4 nitrogen and oxygen atoms in total. The molecule has 0 spiro atoms. The standard InChI is InChI=1S/C11H22N2O2/c1-8(2)6-11(3,15)7-13-5-4-9(12)10(13)14/h8-9,15H,4-7,12H2,1-3H3. The van der Waals surface area contributed by atoms with Crippen molar-refractivity contribution in [1.82, 2.24) is 4.90 Å². The monoisotopic (exact) mass is 214 g/mol. The van der Waals surface area contributed by atoms with Crippen molar-refractivity contribution in [2.24, 2.45) is 11.7 Å². The summed E-state index contributed by atoms with van der Waals surface area (Å²) in [5.41, 5.74) is 4.82. The van der Waals surface area contributed by atoms with Crippen LogP contribution >= 0.6 is 0 Å². The zero-order valence-electron chi connectivity index (χ0n) is 9.86. The smallest absolute Gasteiger partial charge is 0.239 e. The van der Waals surface area contributed by atoms with Crippen molar-refractivity contribution in [3.8, 4) is 0 Å². The molecule has 4 heteroatoms. The first kappa shape index (κ1) is 12.5. The summed E-state index contributed by atoms with van der Waals surface area (Å²) >= 11 is 0. The number of rotatable bonds is 4. The fourth-order valence-corrected chi connectivity index (χ4v) is 2.28. The Hall–Kier alpha value is -0.610. The lowest BCUT2D eigenvalue weighted by molar-refractivity contribution is -0.132. The van der Waals surface area contributed by atoms with Gasteiger partial charge in [-0.15, -0.1) is 0 Å². The lowest BCUT2D eigenvalue weighted by atomic mass is 9.94. The molecule has 0 aromatic rings. The topological polar surface area (TPSA) is 66.6 Å². The van der Waals surface area contributed by atoms with Gasteiger partial charge in [0.2, 0.25) is 5.91 Å². The van der Waals surface area contributed by atoms with Gasteiger partial charge in [0.15, 0.2) is 0 Å². The molecule has 0 saturated carbocycles. The van der Waals surface area contributed by atoms with Crippen molar-refractivity contribution in [2.45, 2.75) is 45.3 Å². The Morgan fingerprint density at radius 2 is 2.27 bits per heavy atom. The number of likely N-dealkylation sites (tertiary alicyclic amines) is 1. The molecule has 1 heterocycles. The minimum absolute atomic E-state index is 0.0287. The summed E-state index contributed by atoms with van der Waals surface area (Å²) < 4.78 is 0. The third-order valence-electron chi connectivity index (χ3n) is 2.72. The largest absolute Gasteiger partial charge is 0.388 e. The third kappa shape index (κ3) is 3.47. The van der Waals surface area contributed by atoms with Crippen molar-refractivity contribution < 1.29 is 9.90 Å². The quantitative estimate of drug-likeness (QED) is 0.709. The number of amides is 1. The number of β-amino-alcohol motifs (C(OH)–C–C–N with tert-alkyl or cyclic N) is 1. The van der Waals surface area contributed by atoms with Crippen molar-refractivity contribution in [1.29, 1.82) is 0 Å². The Bertz CT molecular complexity index is 239. The lowest BCUT2D eigenvalue weighted by Crippen LogP contribution is -2.44. The molecule has 1 aliphatic heterocycles. The Morgan fingerprint density at radius 1 is 1.67 bits per heavy atom. The zero-order chi connectivity index (χ0) is 11.6. The maximum absolute atomic E-state index is 11.6. The number of aliphatic hydroxyl groups is 1. The fraction of sp³-hybridized carbons (Fsp3) is 0.909. The average molecular weight is 214 g/mol. The van der Waals surface area contributed by atoms with E-state index in [2.05, 4.69) is 13.8 Å². The van der Waals surface area contributed by atoms with E-state index in [9.17, 15) is 9.90 Å². The predicted octanol–water partition coefficient (Wildman–Crippen LogP) is 0.343. The molecule has 1 rings (SSSR count). The molecular formula is C11H22N2O2. The molecule has 2 unspecified atom stereocenters. The zero-order valence-corrected chi connectivity index (χ0v) is 9.86. The van der Waals surface area contributed by atoms with Gasteiger partial charge in [0, 0.05) is 13.1 Å². The van der Waals surface area contributed by atoms with Gasteiger partial charge < -0.3 is 15.7 Å². The second kappa shape index (κ2) is 4.49. The van der Waals surface area contributed by atoms with E-state index in [-0.39, 0.29) is 11.9 Å². The summed E-state index contributed by atoms with van der Waals surface area (Å²) in [5.74, 6) is 0.394. The van der Waals surface area contributed by atoms with E-state index < -0.39 is 5.60 Å². The molecule has 3 N–H and O–H groups in total. The number of carbonyl (C=O) groups excluding carboxylic acids is 1. The molecule has 1 fully saturated rings. The highest BCUT2D eigenvalue weighted by Crippen LogP contribution is 2.20. The molecule has 88 valence electrons. The molecule has 1 aliphatic rings. The molecule has 0 aliphatic carbocycles. The van der Waals surface area contributed by atoms with Crippen LogP contribution in [-0.4, -0.2) is 40.6 Å². The van der Waals surface area contributed by atoms with E-state index in [0.717, 1.165) is 0 Å². The van der Waals surface area contributed by atoms with Crippen LogP contribution in [0.15, 0.2) is 0 Å². The first-order valence-corrected chi connectivity index (χ1v) is 5.58. The Kier molecular flexibility index (Phi) is 3.73. The van der Waals surface area contributed by atoms with E-state index >= 15 is 0 Å². The first-order chi connectivity index (χ1) is 6.82. The van der Waals surface area contributed by atoms with Crippen LogP contribution in [0.5, 0.6) is 0 Å². The number of hydrogen-bond acceptors (Lipinski definition) is 3. The SMILES string of the molecule is CC(C)CC(C)(O)CN1CCC(N)C1=O. The molecule has 2 atom stereocenters. The van der Waals surface area contributed by atoms with Gasteiger partial charge in [0.05, 0.1) is 11.6 Å². The van der Waals surface area contributed by atoms with Crippen molar-refractivity contribution in [2.75, 3.05) is 13.1 Å². The molecule has 0 bridgehead atoms. The summed E-state index contributed by atoms with van der Waals surface area (Å²) in [6.07, 6.45) is 1.41. The summed E-state index contributed by atoms with van der Waals surface area (Å²) in [6, 6.07) is -0.361. The summed E-state index contributed by atoms with van der Waals surface area (Å²) in [6.45, 7) is 6.98. The fourth-order valence-electron chi connectivity index (χ4n) is 2.28. The van der Waals surface area contributed by atoms with Crippen LogP contribution in [0.25, 0.3) is 0 Å². The van der Waals surface area contributed by atoms with E-state index in [1.807, 2.05) is 0 Å². The van der Waals surface area contributed by atoms with E-state index in [1.165, 1.54) is 0 Å². The van der Waals surface area contributed by atoms with Crippen LogP contribution in [0.3, 0.4) is 0 Å². The van der Waals surface area contributed by atoms with Gasteiger partial charge in [0.25, 0.3) is 0 Å². The second-order valence-electron chi connectivity index (χ2n) is 5.25. The number of nitrogens with zero attached hydrogens (tertiary/aromatic N) is 1. The van der Waals surface area contributed by atoms with E-state index in [0.29, 0.717) is 31.8 Å². The van der Waals surface area contributed by atoms with Gasteiger partial charge in [-0.25, -0.2) is 0 Å². The minimum atomic E-state index is -0.798. The molecule has 0 aromatic heterocycles. The number of hydrogen-bond donors (Lipinski definition) is 2. The summed E-state index contributed by atoms with van der Waals surface area (Å²) in [7, 11) is 0. The van der Waals surface area contributed by atoms with Gasteiger partial charge in [-0.05, 0) is 25.7 Å². The highest BCUT2D eigenvalue weighted by molar-refractivity contribution is 5.83.